The highest BCUT2D eigenvalue weighted by atomic mass is 79.9. The molecule has 1 unspecified atom stereocenters. The highest BCUT2D eigenvalue weighted by Crippen LogP contribution is 2.43. The molecule has 1 aromatic heterocycles. The lowest BCUT2D eigenvalue weighted by atomic mass is 10.3. The van der Waals surface area contributed by atoms with Gasteiger partial charge in [0.25, 0.3) is 0 Å². The quantitative estimate of drug-likeness (QED) is 0.0667. The molecular formula is C18H17BrFN4O5PS. The van der Waals surface area contributed by atoms with E-state index in [1.54, 1.807) is 30.3 Å². The van der Waals surface area contributed by atoms with Gasteiger partial charge in [0.2, 0.25) is 5.84 Å². The van der Waals surface area contributed by atoms with E-state index < -0.39 is 13.4 Å². The van der Waals surface area contributed by atoms with Crippen LogP contribution < -0.4 is 9.84 Å². The molecule has 3 N–H and O–H groups in total. The van der Waals surface area contributed by atoms with Gasteiger partial charge in [0, 0.05) is 11.4 Å². The van der Waals surface area contributed by atoms with Gasteiger partial charge in [-0.15, -0.1) is 11.8 Å². The van der Waals surface area contributed by atoms with Gasteiger partial charge in [0.1, 0.15) is 11.6 Å². The molecule has 3 aromatic rings. The van der Waals surface area contributed by atoms with E-state index in [9.17, 15) is 19.1 Å². The van der Waals surface area contributed by atoms with Crippen molar-refractivity contribution in [1.82, 2.24) is 10.3 Å². The van der Waals surface area contributed by atoms with Gasteiger partial charge >= 0.3 is 7.60 Å². The first-order valence-corrected chi connectivity index (χ1v) is 12.4. The van der Waals surface area contributed by atoms with Crippen molar-refractivity contribution in [2.45, 2.75) is 11.4 Å². The van der Waals surface area contributed by atoms with E-state index in [-0.39, 0.29) is 22.2 Å². The summed E-state index contributed by atoms with van der Waals surface area (Å²) in [7, 11) is -3.80. The van der Waals surface area contributed by atoms with E-state index in [4.69, 9.17) is 9.15 Å². The van der Waals surface area contributed by atoms with Crippen LogP contribution in [-0.2, 0) is 4.57 Å². The van der Waals surface area contributed by atoms with Crippen molar-refractivity contribution in [1.29, 1.82) is 0 Å². The predicted octanol–water partition coefficient (Wildman–Crippen LogP) is 4.97. The maximum atomic E-state index is 13.4. The van der Waals surface area contributed by atoms with Crippen molar-refractivity contribution >= 4 is 46.8 Å². The second kappa shape index (κ2) is 10.8. The standard InChI is InChI=1S/C18H17BrFN4O5PS/c19-14-11-12(7-8-15(14)20)21-17(22-25)16-18(24-29-23-16)31-10-4-9-30(26,27)28-13-5-2-1-3-6-13/h1-3,5-8,11,25H,4,9-10H2,(H,21,22)(H,26,27). The summed E-state index contributed by atoms with van der Waals surface area (Å²) in [5, 5.41) is 23.2. The molecule has 164 valence electrons. The lowest BCUT2D eigenvalue weighted by Gasteiger charge is -2.12. The summed E-state index contributed by atoms with van der Waals surface area (Å²) in [6.07, 6.45) is 0.291. The van der Waals surface area contributed by atoms with Crippen molar-refractivity contribution in [2.75, 3.05) is 17.2 Å². The summed E-state index contributed by atoms with van der Waals surface area (Å²) in [6, 6.07) is 12.6. The minimum Gasteiger partial charge on any atom is -0.424 e. The molecule has 13 heteroatoms. The monoisotopic (exact) mass is 530 g/mol. The van der Waals surface area contributed by atoms with Crippen molar-refractivity contribution in [3.05, 3.63) is 64.5 Å². The number of nitrogens with one attached hydrogen (secondary N) is 1. The van der Waals surface area contributed by atoms with Gasteiger partial charge in [-0.2, -0.15) is 0 Å². The van der Waals surface area contributed by atoms with Gasteiger partial charge in [0.15, 0.2) is 10.7 Å². The number of nitrogens with zero attached hydrogens (tertiary/aromatic N) is 3. The Morgan fingerprint density at radius 1 is 1.29 bits per heavy atom. The average molecular weight is 531 g/mol. The normalized spacial score (nSPS) is 13.6. The van der Waals surface area contributed by atoms with E-state index in [1.807, 2.05) is 0 Å². The number of hydrogen-bond acceptors (Lipinski definition) is 8. The number of hydrogen-bond donors (Lipinski definition) is 3. The van der Waals surface area contributed by atoms with E-state index in [1.165, 1.54) is 30.0 Å². The molecule has 1 heterocycles. The van der Waals surface area contributed by atoms with E-state index in [0.717, 1.165) is 0 Å². The summed E-state index contributed by atoms with van der Waals surface area (Å²) >= 11 is 4.28. The average Bonchev–Trinajstić information content (AvgIpc) is 3.21. The molecule has 0 amide bonds. The Hall–Kier alpha value is -2.40. The topological polar surface area (TPSA) is 130 Å². The van der Waals surface area contributed by atoms with E-state index in [2.05, 4.69) is 36.7 Å². The third-order valence-electron chi connectivity index (χ3n) is 3.78. The van der Waals surface area contributed by atoms with Crippen LogP contribution in [0.2, 0.25) is 0 Å². The maximum absolute atomic E-state index is 13.4. The zero-order valence-corrected chi connectivity index (χ0v) is 19.1. The van der Waals surface area contributed by atoms with E-state index >= 15 is 0 Å². The van der Waals surface area contributed by atoms with Crippen molar-refractivity contribution in [3.63, 3.8) is 0 Å². The zero-order valence-electron chi connectivity index (χ0n) is 15.8. The van der Waals surface area contributed by atoms with Crippen LogP contribution in [0.5, 0.6) is 5.75 Å². The van der Waals surface area contributed by atoms with Gasteiger partial charge in [-0.25, -0.2) is 13.6 Å². The van der Waals surface area contributed by atoms with Gasteiger partial charge in [-0.1, -0.05) is 23.4 Å². The highest BCUT2D eigenvalue weighted by molar-refractivity contribution is 9.10. The number of oxime groups is 1. The second-order valence-corrected chi connectivity index (χ2v) is 9.93. The van der Waals surface area contributed by atoms with Crippen molar-refractivity contribution in [3.8, 4) is 5.75 Å². The first-order valence-electron chi connectivity index (χ1n) is 8.84. The number of para-hydroxylation sites is 1. The van der Waals surface area contributed by atoms with Gasteiger partial charge < -0.3 is 19.9 Å². The molecule has 31 heavy (non-hydrogen) atoms. The molecule has 9 nitrogen and oxygen atoms in total. The summed E-state index contributed by atoms with van der Waals surface area (Å²) in [5.41, 5.74) is 0.583. The maximum Gasteiger partial charge on any atom is 0.376 e. The summed E-state index contributed by atoms with van der Waals surface area (Å²) < 4.78 is 35.7. The second-order valence-electron chi connectivity index (χ2n) is 6.09. The first kappa shape index (κ1) is 23.3. The fraction of sp³-hybridized carbons (Fsp3) is 0.167. The molecule has 3 rings (SSSR count). The van der Waals surface area contributed by atoms with Crippen LogP contribution in [0.4, 0.5) is 10.1 Å². The molecule has 1 atom stereocenters. The Morgan fingerprint density at radius 3 is 2.77 bits per heavy atom. The van der Waals surface area contributed by atoms with Crippen LogP contribution in [0, 0.1) is 5.82 Å². The summed E-state index contributed by atoms with van der Waals surface area (Å²) in [6.45, 7) is 0. The third kappa shape index (κ3) is 6.79. The predicted molar refractivity (Wildman–Crippen MR) is 117 cm³/mol. The molecule has 0 spiro atoms. The van der Waals surface area contributed by atoms with Crippen LogP contribution in [0.1, 0.15) is 12.1 Å². The fourth-order valence-electron chi connectivity index (χ4n) is 2.39. The molecule has 2 aromatic carbocycles. The molecule has 0 aliphatic carbocycles. The third-order valence-corrected chi connectivity index (χ3v) is 6.80. The smallest absolute Gasteiger partial charge is 0.376 e. The number of amidine groups is 1. The molecule has 0 bridgehead atoms. The Labute approximate surface area is 189 Å². The lowest BCUT2D eigenvalue weighted by Crippen LogP contribution is -2.15. The fourth-order valence-corrected chi connectivity index (χ4v) is 4.92. The molecule has 0 aliphatic heterocycles. The summed E-state index contributed by atoms with van der Waals surface area (Å²) in [4.78, 5) is 10.00. The number of aromatic nitrogens is 2. The highest BCUT2D eigenvalue weighted by Gasteiger charge is 2.22. The van der Waals surface area contributed by atoms with Crippen LogP contribution >= 0.6 is 35.3 Å². The Balaban J connectivity index is 1.56. The summed E-state index contributed by atoms with van der Waals surface area (Å²) in [5.74, 6) is 0.239. The number of thioether (sulfide) groups is 1. The first-order chi connectivity index (χ1) is 14.9. The molecule has 0 radical (unpaired) electrons. The van der Waals surface area contributed by atoms with E-state index in [0.29, 0.717) is 28.6 Å². The number of halogens is 2. The number of rotatable bonds is 9. The van der Waals surface area contributed by atoms with Crippen LogP contribution in [-0.4, -0.2) is 38.2 Å². The SMILES string of the molecule is O=P(O)(CCCSc1nonc1C(=NO)Nc1ccc(F)c(Br)c1)Oc1ccccc1. The van der Waals surface area contributed by atoms with Crippen LogP contribution in [0.25, 0.3) is 0 Å². The molecule has 0 aliphatic rings. The van der Waals surface area contributed by atoms with Crippen LogP contribution in [0.15, 0.2) is 67.8 Å². The Morgan fingerprint density at radius 2 is 2.06 bits per heavy atom. The molecule has 0 saturated heterocycles. The molecule has 0 saturated carbocycles. The minimum atomic E-state index is -3.80. The molecule has 0 fully saturated rings. The van der Waals surface area contributed by atoms with Crippen molar-refractivity contribution in [2.24, 2.45) is 5.16 Å². The Kier molecular flexibility index (Phi) is 8.08. The van der Waals surface area contributed by atoms with Crippen molar-refractivity contribution < 1.29 is 28.2 Å². The minimum absolute atomic E-state index is 0.0532. The largest absolute Gasteiger partial charge is 0.424 e. The molecular weight excluding hydrogens is 514 g/mol. The zero-order chi connectivity index (χ0) is 22.3. The number of benzene rings is 2. The number of anilines is 1. The Bertz CT molecular complexity index is 1100. The van der Waals surface area contributed by atoms with Gasteiger partial charge in [0.05, 0.1) is 10.6 Å². The van der Waals surface area contributed by atoms with Gasteiger partial charge in [-0.3, -0.25) is 0 Å². The van der Waals surface area contributed by atoms with Crippen LogP contribution in [0.3, 0.4) is 0 Å². The van der Waals surface area contributed by atoms with Gasteiger partial charge in [-0.05, 0) is 63.0 Å². The lowest BCUT2D eigenvalue weighted by molar-refractivity contribution is 0.297.